The van der Waals surface area contributed by atoms with Crippen LogP contribution in [0.25, 0.3) is 0 Å². The van der Waals surface area contributed by atoms with E-state index in [1.807, 2.05) is 0 Å². The van der Waals surface area contributed by atoms with E-state index in [1.165, 1.54) is 6.07 Å². The number of nitrogens with two attached hydrogens (primary N) is 1. The van der Waals surface area contributed by atoms with E-state index < -0.39 is 20.9 Å². The highest BCUT2D eigenvalue weighted by Crippen LogP contribution is 2.34. The van der Waals surface area contributed by atoms with Gasteiger partial charge in [-0.25, -0.2) is 17.5 Å². The minimum absolute atomic E-state index is 0. The molecule has 0 aliphatic heterocycles. The highest BCUT2D eigenvalue weighted by molar-refractivity contribution is 7.89. The average Bonchev–Trinajstić information content (AvgIpc) is 3.17. The van der Waals surface area contributed by atoms with E-state index in [0.29, 0.717) is 0 Å². The summed E-state index contributed by atoms with van der Waals surface area (Å²) in [5.74, 6) is -0.697. The van der Waals surface area contributed by atoms with Gasteiger partial charge in [0.15, 0.2) is 5.82 Å². The molecule has 1 atom stereocenters. The van der Waals surface area contributed by atoms with Crippen LogP contribution in [0.4, 0.5) is 4.39 Å². The van der Waals surface area contributed by atoms with Crippen molar-refractivity contribution in [3.05, 3.63) is 28.0 Å². The standard InChI is InChI=1S/C11H13Cl2FN2O2S.ClH/c12-7-3-4-9(10(13)11(7)14)19(17,18)16-8(5-15)6-1-2-6;/h3-4,6,8,16H,1-2,5,15H2;1H. The maximum absolute atomic E-state index is 13.5. The lowest BCUT2D eigenvalue weighted by molar-refractivity contribution is 0.518. The number of hydrogen-bond acceptors (Lipinski definition) is 3. The van der Waals surface area contributed by atoms with Crippen LogP contribution in [0.15, 0.2) is 17.0 Å². The van der Waals surface area contributed by atoms with Crippen LogP contribution < -0.4 is 10.5 Å². The molecule has 1 aromatic carbocycles. The molecule has 0 saturated heterocycles. The summed E-state index contributed by atoms with van der Waals surface area (Å²) in [6, 6.07) is 1.99. The largest absolute Gasteiger partial charge is 0.329 e. The van der Waals surface area contributed by atoms with Gasteiger partial charge in [0.25, 0.3) is 0 Å². The van der Waals surface area contributed by atoms with Crippen molar-refractivity contribution in [3.8, 4) is 0 Å². The van der Waals surface area contributed by atoms with E-state index in [-0.39, 0.29) is 40.8 Å². The first-order valence-electron chi connectivity index (χ1n) is 5.72. The zero-order chi connectivity index (χ0) is 14.2. The quantitative estimate of drug-likeness (QED) is 0.790. The van der Waals surface area contributed by atoms with Gasteiger partial charge in [0.05, 0.1) is 10.0 Å². The van der Waals surface area contributed by atoms with Gasteiger partial charge in [-0.3, -0.25) is 0 Å². The van der Waals surface area contributed by atoms with Crippen molar-refractivity contribution in [1.29, 1.82) is 0 Å². The Labute approximate surface area is 133 Å². The lowest BCUT2D eigenvalue weighted by atomic mass is 10.2. The topological polar surface area (TPSA) is 72.2 Å². The third kappa shape index (κ3) is 3.75. The average molecular weight is 364 g/mol. The van der Waals surface area contributed by atoms with Gasteiger partial charge in [-0.1, -0.05) is 23.2 Å². The summed E-state index contributed by atoms with van der Waals surface area (Å²) in [7, 11) is -3.91. The molecule has 3 N–H and O–H groups in total. The van der Waals surface area contributed by atoms with Crippen molar-refractivity contribution < 1.29 is 12.8 Å². The molecule has 20 heavy (non-hydrogen) atoms. The van der Waals surface area contributed by atoms with Gasteiger partial charge in [-0.15, -0.1) is 12.4 Å². The second-order valence-corrected chi connectivity index (χ2v) is 6.94. The molecule has 0 radical (unpaired) electrons. The van der Waals surface area contributed by atoms with Gasteiger partial charge in [0.1, 0.15) is 4.90 Å². The minimum atomic E-state index is -3.91. The molecular weight excluding hydrogens is 350 g/mol. The molecule has 1 fully saturated rings. The molecule has 114 valence electrons. The highest BCUT2D eigenvalue weighted by atomic mass is 35.5. The Morgan fingerprint density at radius 1 is 1.40 bits per heavy atom. The van der Waals surface area contributed by atoms with Gasteiger partial charge in [-0.05, 0) is 30.9 Å². The maximum Gasteiger partial charge on any atom is 0.242 e. The van der Waals surface area contributed by atoms with Crippen LogP contribution in [0.1, 0.15) is 12.8 Å². The second-order valence-electron chi connectivity index (χ2n) is 4.47. The Hall–Kier alpha value is -0.110. The zero-order valence-electron chi connectivity index (χ0n) is 10.3. The predicted molar refractivity (Wildman–Crippen MR) is 79.6 cm³/mol. The van der Waals surface area contributed by atoms with E-state index in [9.17, 15) is 12.8 Å². The van der Waals surface area contributed by atoms with E-state index in [2.05, 4.69) is 4.72 Å². The first-order valence-corrected chi connectivity index (χ1v) is 7.96. The molecule has 0 bridgehead atoms. The Morgan fingerprint density at radius 3 is 2.50 bits per heavy atom. The van der Waals surface area contributed by atoms with Crippen molar-refractivity contribution >= 4 is 45.6 Å². The normalized spacial score (nSPS) is 16.6. The molecule has 0 amide bonds. The Balaban J connectivity index is 0.00000200. The van der Waals surface area contributed by atoms with Crippen molar-refractivity contribution in [1.82, 2.24) is 4.72 Å². The van der Waals surface area contributed by atoms with Crippen LogP contribution in [0, 0.1) is 11.7 Å². The molecule has 0 aromatic heterocycles. The second kappa shape index (κ2) is 6.77. The van der Waals surface area contributed by atoms with Gasteiger partial charge >= 0.3 is 0 Å². The van der Waals surface area contributed by atoms with Crippen LogP contribution in [0.3, 0.4) is 0 Å². The van der Waals surface area contributed by atoms with Crippen molar-refractivity contribution in [2.24, 2.45) is 11.7 Å². The van der Waals surface area contributed by atoms with Crippen LogP contribution in [0.2, 0.25) is 10.0 Å². The molecule has 1 unspecified atom stereocenters. The summed E-state index contributed by atoms with van der Waals surface area (Å²) in [6.45, 7) is 0.192. The fourth-order valence-corrected chi connectivity index (χ4v) is 3.88. The van der Waals surface area contributed by atoms with Gasteiger partial charge in [-0.2, -0.15) is 0 Å². The van der Waals surface area contributed by atoms with E-state index in [4.69, 9.17) is 28.9 Å². The first-order chi connectivity index (χ1) is 8.86. The summed E-state index contributed by atoms with van der Waals surface area (Å²) in [4.78, 5) is -0.324. The number of hydrogen-bond donors (Lipinski definition) is 2. The number of nitrogens with one attached hydrogen (secondary N) is 1. The first kappa shape index (κ1) is 17.9. The van der Waals surface area contributed by atoms with Gasteiger partial charge < -0.3 is 5.73 Å². The number of benzene rings is 1. The molecule has 1 aliphatic carbocycles. The molecule has 0 spiro atoms. The lowest BCUT2D eigenvalue weighted by Gasteiger charge is -2.17. The summed E-state index contributed by atoms with van der Waals surface area (Å²) < 4.78 is 40.3. The van der Waals surface area contributed by atoms with E-state index in [1.54, 1.807) is 0 Å². The molecule has 4 nitrogen and oxygen atoms in total. The lowest BCUT2D eigenvalue weighted by Crippen LogP contribution is -2.41. The monoisotopic (exact) mass is 362 g/mol. The Morgan fingerprint density at radius 2 is 2.00 bits per heavy atom. The summed E-state index contributed by atoms with van der Waals surface area (Å²) in [6.07, 6.45) is 1.88. The maximum atomic E-state index is 13.5. The summed E-state index contributed by atoms with van der Waals surface area (Å²) >= 11 is 11.2. The van der Waals surface area contributed by atoms with Crippen LogP contribution in [-0.4, -0.2) is 21.0 Å². The smallest absolute Gasteiger partial charge is 0.242 e. The zero-order valence-corrected chi connectivity index (χ0v) is 13.4. The van der Waals surface area contributed by atoms with Crippen molar-refractivity contribution in [3.63, 3.8) is 0 Å². The minimum Gasteiger partial charge on any atom is -0.329 e. The number of halogens is 4. The van der Waals surface area contributed by atoms with Gasteiger partial charge in [0.2, 0.25) is 10.0 Å². The molecule has 9 heteroatoms. The summed E-state index contributed by atoms with van der Waals surface area (Å²) in [5, 5.41) is -0.729. The molecule has 1 aromatic rings. The highest BCUT2D eigenvalue weighted by Gasteiger charge is 2.34. The van der Waals surface area contributed by atoms with E-state index in [0.717, 1.165) is 18.9 Å². The fraction of sp³-hybridized carbons (Fsp3) is 0.455. The predicted octanol–water partition coefficient (Wildman–Crippen LogP) is 2.57. The summed E-state index contributed by atoms with van der Waals surface area (Å²) in [5.41, 5.74) is 5.54. The third-order valence-corrected chi connectivity index (χ3v) is 5.35. The SMILES string of the molecule is Cl.NCC(NS(=O)(=O)c1ccc(Cl)c(F)c1Cl)C1CC1. The number of rotatable bonds is 5. The van der Waals surface area contributed by atoms with Crippen molar-refractivity contribution in [2.75, 3.05) is 6.54 Å². The van der Waals surface area contributed by atoms with Crippen molar-refractivity contribution in [2.45, 2.75) is 23.8 Å². The van der Waals surface area contributed by atoms with E-state index >= 15 is 0 Å². The Bertz CT molecular complexity index is 594. The Kier molecular flexibility index (Phi) is 6.07. The molecule has 1 saturated carbocycles. The van der Waals surface area contributed by atoms with Gasteiger partial charge in [0, 0.05) is 12.6 Å². The van der Waals surface area contributed by atoms with Crippen LogP contribution in [0.5, 0.6) is 0 Å². The third-order valence-electron chi connectivity index (χ3n) is 3.04. The van der Waals surface area contributed by atoms with Crippen LogP contribution in [-0.2, 0) is 10.0 Å². The number of sulfonamides is 1. The molecular formula is C11H14Cl3FN2O2S. The molecule has 2 rings (SSSR count). The van der Waals surface area contributed by atoms with Crippen LogP contribution >= 0.6 is 35.6 Å². The fourth-order valence-electron chi connectivity index (χ4n) is 1.81. The molecule has 1 aliphatic rings. The molecule has 0 heterocycles.